The Bertz CT molecular complexity index is 1450. The summed E-state index contributed by atoms with van der Waals surface area (Å²) in [5, 5.41) is 4.28. The maximum absolute atomic E-state index is 5.48. The molecule has 0 aliphatic rings. The molecule has 5 aromatic rings. The van der Waals surface area contributed by atoms with Crippen molar-refractivity contribution in [3.63, 3.8) is 0 Å². The van der Waals surface area contributed by atoms with Crippen LogP contribution in [-0.2, 0) is 13.1 Å². The number of hydrogen-bond donors (Lipinski definition) is 1. The number of aryl methyl sites for hydroxylation is 1. The molecule has 0 aliphatic carbocycles. The van der Waals surface area contributed by atoms with E-state index in [9.17, 15) is 0 Å². The van der Waals surface area contributed by atoms with Crippen molar-refractivity contribution in [3.05, 3.63) is 83.7 Å². The minimum absolute atomic E-state index is 0.654. The van der Waals surface area contributed by atoms with Crippen LogP contribution in [0, 0.1) is 13.8 Å². The number of fused-ring (bicyclic) bond motifs is 1. The van der Waals surface area contributed by atoms with Crippen molar-refractivity contribution in [2.24, 2.45) is 0 Å². The molecule has 0 aliphatic heterocycles. The van der Waals surface area contributed by atoms with E-state index < -0.39 is 0 Å². The molecule has 0 fully saturated rings. The molecule has 0 radical (unpaired) electrons. The first kappa shape index (κ1) is 21.8. The lowest BCUT2D eigenvalue weighted by molar-refractivity contribution is 0.310. The van der Waals surface area contributed by atoms with E-state index in [0.29, 0.717) is 6.54 Å². The van der Waals surface area contributed by atoms with Crippen LogP contribution in [0.1, 0.15) is 22.6 Å². The number of aromatic nitrogens is 6. The quantitative estimate of drug-likeness (QED) is 0.392. The van der Waals surface area contributed by atoms with E-state index in [2.05, 4.69) is 40.0 Å². The van der Waals surface area contributed by atoms with Gasteiger partial charge < -0.3 is 9.72 Å². The van der Waals surface area contributed by atoms with Crippen molar-refractivity contribution in [3.8, 4) is 28.4 Å². The number of nitrogens with zero attached hydrogens (tertiary/aromatic N) is 6. The summed E-state index contributed by atoms with van der Waals surface area (Å²) < 4.78 is 7.24. The molecule has 0 saturated heterocycles. The van der Waals surface area contributed by atoms with E-state index >= 15 is 0 Å². The van der Waals surface area contributed by atoms with Crippen molar-refractivity contribution in [2.45, 2.75) is 26.9 Å². The van der Waals surface area contributed by atoms with Gasteiger partial charge in [0.05, 0.1) is 30.7 Å². The van der Waals surface area contributed by atoms with Crippen LogP contribution >= 0.6 is 0 Å². The molecule has 0 amide bonds. The van der Waals surface area contributed by atoms with Crippen LogP contribution in [0.3, 0.4) is 0 Å². The van der Waals surface area contributed by atoms with Gasteiger partial charge in [-0.2, -0.15) is 5.10 Å². The maximum atomic E-state index is 5.48. The number of ether oxygens (including phenoxy) is 1. The minimum Gasteiger partial charge on any atom is -0.496 e. The van der Waals surface area contributed by atoms with Crippen molar-refractivity contribution < 1.29 is 4.74 Å². The predicted molar refractivity (Wildman–Crippen MR) is 131 cm³/mol. The number of imidazole rings is 1. The van der Waals surface area contributed by atoms with Crippen molar-refractivity contribution in [1.29, 1.82) is 0 Å². The Morgan fingerprint density at radius 1 is 1.00 bits per heavy atom. The van der Waals surface area contributed by atoms with E-state index in [1.807, 2.05) is 55.6 Å². The molecule has 5 rings (SSSR count). The molecule has 0 bridgehead atoms. The Balaban J connectivity index is 1.49. The van der Waals surface area contributed by atoms with E-state index in [4.69, 9.17) is 14.7 Å². The summed E-state index contributed by atoms with van der Waals surface area (Å²) in [6, 6.07) is 16.1. The summed E-state index contributed by atoms with van der Waals surface area (Å²) in [5.74, 6) is 1.78. The molecule has 1 aromatic carbocycles. The molecule has 1 N–H and O–H groups in total. The van der Waals surface area contributed by atoms with Crippen molar-refractivity contribution >= 4 is 5.65 Å². The molecule has 8 nitrogen and oxygen atoms in total. The molecule has 0 saturated carbocycles. The average molecular weight is 454 g/mol. The van der Waals surface area contributed by atoms with Crippen LogP contribution in [0.2, 0.25) is 0 Å². The first-order valence-electron chi connectivity index (χ1n) is 11.2. The molecule has 0 unspecified atom stereocenters. The summed E-state index contributed by atoms with van der Waals surface area (Å²) in [6.45, 7) is 5.52. The lowest BCUT2D eigenvalue weighted by Crippen LogP contribution is -2.18. The van der Waals surface area contributed by atoms with Gasteiger partial charge in [0.25, 0.3) is 0 Å². The van der Waals surface area contributed by atoms with Crippen LogP contribution in [-0.4, -0.2) is 48.6 Å². The second kappa shape index (κ2) is 9.07. The van der Waals surface area contributed by atoms with E-state index in [0.717, 1.165) is 57.7 Å². The summed E-state index contributed by atoms with van der Waals surface area (Å²) in [6.07, 6.45) is 3.50. The number of pyridine rings is 2. The molecule has 34 heavy (non-hydrogen) atoms. The fourth-order valence-corrected chi connectivity index (χ4v) is 4.19. The zero-order valence-corrected chi connectivity index (χ0v) is 19.8. The first-order valence-corrected chi connectivity index (χ1v) is 11.2. The Labute approximate surface area is 198 Å². The van der Waals surface area contributed by atoms with E-state index in [1.54, 1.807) is 18.0 Å². The third-order valence-electron chi connectivity index (χ3n) is 5.92. The lowest BCUT2D eigenvalue weighted by Gasteiger charge is -2.18. The third-order valence-corrected chi connectivity index (χ3v) is 5.92. The Kier molecular flexibility index (Phi) is 5.81. The Morgan fingerprint density at radius 2 is 1.85 bits per heavy atom. The first-order chi connectivity index (χ1) is 16.5. The molecular weight excluding hydrogens is 426 g/mol. The van der Waals surface area contributed by atoms with E-state index in [-0.39, 0.29) is 0 Å². The number of aromatic amines is 1. The highest BCUT2D eigenvalue weighted by Gasteiger charge is 2.18. The second-order valence-corrected chi connectivity index (χ2v) is 8.47. The highest BCUT2D eigenvalue weighted by Crippen LogP contribution is 2.30. The normalized spacial score (nSPS) is 11.4. The molecular formula is C26H27N7O. The maximum Gasteiger partial charge on any atom is 0.155 e. The topological polar surface area (TPSA) is 84.2 Å². The van der Waals surface area contributed by atoms with Gasteiger partial charge in [-0.15, -0.1) is 0 Å². The van der Waals surface area contributed by atoms with Crippen LogP contribution in [0.4, 0.5) is 0 Å². The van der Waals surface area contributed by atoms with Gasteiger partial charge in [-0.25, -0.2) is 14.5 Å². The Morgan fingerprint density at radius 3 is 2.68 bits per heavy atom. The van der Waals surface area contributed by atoms with Crippen molar-refractivity contribution in [2.75, 3.05) is 14.2 Å². The number of H-pyrrole nitrogens is 1. The zero-order chi connectivity index (χ0) is 23.7. The number of nitrogens with one attached hydrogen (secondary N) is 1. The van der Waals surface area contributed by atoms with Gasteiger partial charge in [0, 0.05) is 24.0 Å². The van der Waals surface area contributed by atoms with Crippen LogP contribution in [0.5, 0.6) is 5.75 Å². The summed E-state index contributed by atoms with van der Waals surface area (Å²) in [7, 11) is 3.80. The number of rotatable bonds is 7. The minimum atomic E-state index is 0.654. The van der Waals surface area contributed by atoms with Crippen LogP contribution in [0.25, 0.3) is 28.3 Å². The fraction of sp³-hybridized carbons (Fsp3) is 0.231. The largest absolute Gasteiger partial charge is 0.496 e. The highest BCUT2D eigenvalue weighted by atomic mass is 16.5. The highest BCUT2D eigenvalue weighted by molar-refractivity contribution is 5.77. The predicted octanol–water partition coefficient (Wildman–Crippen LogP) is 4.44. The van der Waals surface area contributed by atoms with E-state index in [1.165, 1.54) is 5.56 Å². The van der Waals surface area contributed by atoms with Gasteiger partial charge in [-0.05, 0) is 62.4 Å². The van der Waals surface area contributed by atoms with Gasteiger partial charge in [0.15, 0.2) is 5.65 Å². The Hall–Kier alpha value is -4.04. The summed E-state index contributed by atoms with van der Waals surface area (Å²) in [5.41, 5.74) is 7.68. The summed E-state index contributed by atoms with van der Waals surface area (Å²) in [4.78, 5) is 19.7. The monoisotopic (exact) mass is 453 g/mol. The van der Waals surface area contributed by atoms with Gasteiger partial charge in [0.1, 0.15) is 17.9 Å². The fourth-order valence-electron chi connectivity index (χ4n) is 4.19. The third kappa shape index (κ3) is 4.27. The lowest BCUT2D eigenvalue weighted by atomic mass is 10.1. The van der Waals surface area contributed by atoms with Crippen LogP contribution < -0.4 is 4.74 Å². The number of benzene rings is 1. The van der Waals surface area contributed by atoms with Gasteiger partial charge in [-0.1, -0.05) is 18.2 Å². The second-order valence-electron chi connectivity index (χ2n) is 8.47. The number of methoxy groups -OCH3 is 1. The van der Waals surface area contributed by atoms with Gasteiger partial charge in [0.2, 0.25) is 0 Å². The number of hydrogen-bond acceptors (Lipinski definition) is 6. The molecule has 0 atom stereocenters. The van der Waals surface area contributed by atoms with Crippen molar-refractivity contribution in [1.82, 2.24) is 34.4 Å². The van der Waals surface area contributed by atoms with Crippen LogP contribution in [0.15, 0.2) is 61.1 Å². The standard InChI is InChI=1S/C26H27N7O/c1-17-7-5-9-21(29-17)26-25(20-11-12-24-27-16-28-33(24)14-20)30-23(31-26)15-32(3)13-19-8-6-10-22(34-4)18(19)2/h5-12,14,16H,13,15H2,1-4H3,(H,30,31). The molecule has 4 aromatic heterocycles. The molecule has 4 heterocycles. The van der Waals surface area contributed by atoms with Gasteiger partial charge in [-0.3, -0.25) is 9.88 Å². The molecule has 172 valence electrons. The summed E-state index contributed by atoms with van der Waals surface area (Å²) >= 11 is 0. The smallest absolute Gasteiger partial charge is 0.155 e. The van der Waals surface area contributed by atoms with Gasteiger partial charge >= 0.3 is 0 Å². The molecule has 0 spiro atoms. The molecule has 8 heteroatoms. The average Bonchev–Trinajstić information content (AvgIpc) is 3.47. The zero-order valence-electron chi connectivity index (χ0n) is 19.8. The SMILES string of the molecule is COc1cccc(CN(C)Cc2nc(-c3ccc4ncnn4c3)c(-c3cccc(C)n3)[nH]2)c1C.